The molecule has 0 unspecified atom stereocenters. The summed E-state index contributed by atoms with van der Waals surface area (Å²) in [5.74, 6) is 0.391. The fourth-order valence-electron chi connectivity index (χ4n) is 3.88. The van der Waals surface area contributed by atoms with Crippen LogP contribution in [0.15, 0.2) is 22.4 Å². The van der Waals surface area contributed by atoms with Crippen LogP contribution in [-0.4, -0.2) is 49.5 Å². The molecule has 0 spiro atoms. The highest BCUT2D eigenvalue weighted by Gasteiger charge is 2.27. The summed E-state index contributed by atoms with van der Waals surface area (Å²) in [4.78, 5) is 13.9. The number of ether oxygens (including phenoxy) is 1. The summed E-state index contributed by atoms with van der Waals surface area (Å²) < 4.78 is 7.11. The van der Waals surface area contributed by atoms with Gasteiger partial charge in [-0.15, -0.1) is 4.68 Å². The molecule has 3 rings (SSSR count). The molecule has 2 aromatic rings. The third kappa shape index (κ3) is 5.71. The number of hydrogen-bond donors (Lipinski definition) is 3. The molecule has 1 heterocycles. The monoisotopic (exact) mass is 462 g/mol. The molecule has 11 heteroatoms. The number of methoxy groups -OCH3 is 1. The van der Waals surface area contributed by atoms with Crippen molar-refractivity contribution in [2.45, 2.75) is 45.1 Å². The second-order valence-electron chi connectivity index (χ2n) is 7.70. The molecule has 0 atom stereocenters. The summed E-state index contributed by atoms with van der Waals surface area (Å²) in [7, 11) is 5.18. The van der Waals surface area contributed by atoms with Gasteiger partial charge in [-0.05, 0) is 35.4 Å². The predicted molar refractivity (Wildman–Crippen MR) is 126 cm³/mol. The van der Waals surface area contributed by atoms with Crippen molar-refractivity contribution in [2.24, 2.45) is 17.3 Å². The van der Waals surface area contributed by atoms with E-state index in [-0.39, 0.29) is 12.5 Å². The van der Waals surface area contributed by atoms with Gasteiger partial charge in [0.25, 0.3) is 0 Å². The third-order valence-electron chi connectivity index (χ3n) is 5.44. The molecule has 1 aliphatic carbocycles. The number of anilines is 3. The molecule has 1 amide bonds. The maximum absolute atomic E-state index is 11.7. The molecule has 1 fully saturated rings. The maximum Gasteiger partial charge on any atom is 0.431 e. The number of rotatable bonds is 9. The van der Waals surface area contributed by atoms with Crippen molar-refractivity contribution in [2.75, 3.05) is 42.8 Å². The lowest BCUT2D eigenvalue weighted by Gasteiger charge is -2.32. The molecule has 3 N–H and O–H groups in total. The number of nitrogens with zero attached hydrogens (tertiary/aromatic N) is 5. The van der Waals surface area contributed by atoms with Crippen LogP contribution in [0.1, 0.15) is 39.0 Å². The van der Waals surface area contributed by atoms with Crippen molar-refractivity contribution < 1.29 is 19.3 Å². The van der Waals surface area contributed by atoms with E-state index in [0.29, 0.717) is 34.8 Å². The number of aliphatic hydroxyl groups excluding tert-OH is 1. The lowest BCUT2D eigenvalue weighted by molar-refractivity contribution is -0.712. The Morgan fingerprint density at radius 1 is 1.31 bits per heavy atom. The Balaban J connectivity index is 1.90. The van der Waals surface area contributed by atoms with Crippen molar-refractivity contribution in [3.05, 3.63) is 12.1 Å². The second-order valence-corrected chi connectivity index (χ2v) is 8.63. The van der Waals surface area contributed by atoms with Gasteiger partial charge in [0, 0.05) is 32.6 Å². The lowest BCUT2D eigenvalue weighted by Crippen LogP contribution is -2.40. The smallest absolute Gasteiger partial charge is 0.431 e. The van der Waals surface area contributed by atoms with Gasteiger partial charge < -0.3 is 25.4 Å². The van der Waals surface area contributed by atoms with Crippen LogP contribution in [0.25, 0.3) is 0 Å². The average Bonchev–Trinajstić information content (AvgIpc) is 3.16. The summed E-state index contributed by atoms with van der Waals surface area (Å²) in [6, 6.07) is 3.87. The summed E-state index contributed by atoms with van der Waals surface area (Å²) in [6.45, 7) is 2.07. The average molecular weight is 463 g/mol. The molecule has 0 bridgehead atoms. The molecule has 1 aromatic carbocycles. The van der Waals surface area contributed by atoms with E-state index in [1.165, 1.54) is 37.5 Å². The molecule has 10 nitrogen and oxygen atoms in total. The molecule has 1 aliphatic rings. The Morgan fingerprint density at radius 2 is 2.06 bits per heavy atom. The van der Waals surface area contributed by atoms with Gasteiger partial charge in [0.05, 0.1) is 30.2 Å². The standard InChI is InChI=1S/C21H31N7O3S/c1-14(30)23-16-12-18(22-2)19(31-4)13-17(16)24-25-20-27(3)26-21(32-20)28(10-11-29)15-8-6-5-7-9-15/h12-13,15,29H,5-11H2,1-4H3,(H,22,23,30)/p+1. The Kier molecular flexibility index (Phi) is 8.34. The zero-order valence-corrected chi connectivity index (χ0v) is 19.9. The van der Waals surface area contributed by atoms with Crippen molar-refractivity contribution in [3.63, 3.8) is 0 Å². The second kappa shape index (κ2) is 11.2. The Morgan fingerprint density at radius 3 is 2.69 bits per heavy atom. The van der Waals surface area contributed by atoms with Gasteiger partial charge in [-0.2, -0.15) is 0 Å². The van der Waals surface area contributed by atoms with Crippen LogP contribution >= 0.6 is 11.3 Å². The van der Waals surface area contributed by atoms with Crippen LogP contribution in [0, 0.1) is 0 Å². The zero-order chi connectivity index (χ0) is 23.1. The molecular weight excluding hydrogens is 430 g/mol. The minimum atomic E-state index is -0.202. The van der Waals surface area contributed by atoms with E-state index in [4.69, 9.17) is 4.74 Å². The topological polar surface area (TPSA) is 115 Å². The summed E-state index contributed by atoms with van der Waals surface area (Å²) >= 11 is 1.43. The number of amides is 1. The molecule has 174 valence electrons. The Bertz CT molecular complexity index is 957. The van der Waals surface area contributed by atoms with Crippen molar-refractivity contribution >= 4 is 44.6 Å². The molecule has 1 saturated carbocycles. The third-order valence-corrected chi connectivity index (χ3v) is 6.47. The fraction of sp³-hybridized carbons (Fsp3) is 0.571. The number of azo groups is 1. The van der Waals surface area contributed by atoms with Crippen LogP contribution in [-0.2, 0) is 11.8 Å². The molecule has 0 saturated heterocycles. The first-order valence-electron chi connectivity index (χ1n) is 10.8. The normalized spacial score (nSPS) is 14.5. The highest BCUT2D eigenvalue weighted by molar-refractivity contribution is 7.18. The molecule has 0 radical (unpaired) electrons. The van der Waals surface area contributed by atoms with Crippen molar-refractivity contribution in [1.82, 2.24) is 5.10 Å². The number of hydrogen-bond acceptors (Lipinski definition) is 9. The maximum atomic E-state index is 11.7. The number of aromatic nitrogens is 2. The molecular formula is C21H32N7O3S+. The van der Waals surface area contributed by atoms with Gasteiger partial charge in [0.2, 0.25) is 11.0 Å². The van der Waals surface area contributed by atoms with E-state index in [0.717, 1.165) is 23.7 Å². The largest absolute Gasteiger partial charge is 0.495 e. The quantitative estimate of drug-likeness (QED) is 0.388. The summed E-state index contributed by atoms with van der Waals surface area (Å²) in [5, 5.41) is 30.3. The van der Waals surface area contributed by atoms with Crippen LogP contribution < -0.4 is 25.0 Å². The van der Waals surface area contributed by atoms with E-state index >= 15 is 0 Å². The predicted octanol–water partition coefficient (Wildman–Crippen LogP) is 3.52. The van der Waals surface area contributed by atoms with E-state index in [9.17, 15) is 9.90 Å². The van der Waals surface area contributed by atoms with E-state index < -0.39 is 0 Å². The van der Waals surface area contributed by atoms with Gasteiger partial charge in [-0.25, -0.2) is 0 Å². The number of carbonyl (C=O) groups is 1. The number of nitrogens with one attached hydrogen (secondary N) is 2. The molecule has 0 aliphatic heterocycles. The number of carbonyl (C=O) groups excluding carboxylic acids is 1. The highest BCUT2D eigenvalue weighted by Crippen LogP contribution is 2.38. The first-order chi connectivity index (χ1) is 15.5. The fourth-order valence-corrected chi connectivity index (χ4v) is 4.82. The van der Waals surface area contributed by atoms with Crippen molar-refractivity contribution in [3.8, 4) is 5.75 Å². The Labute approximate surface area is 192 Å². The highest BCUT2D eigenvalue weighted by atomic mass is 32.1. The first kappa shape index (κ1) is 23.9. The first-order valence-corrected chi connectivity index (χ1v) is 11.6. The van der Waals surface area contributed by atoms with Crippen LogP contribution in [0.5, 0.6) is 5.75 Å². The zero-order valence-electron chi connectivity index (χ0n) is 19.1. The lowest BCUT2D eigenvalue weighted by atomic mass is 9.94. The summed E-state index contributed by atoms with van der Waals surface area (Å²) in [5.41, 5.74) is 1.74. The van der Waals surface area contributed by atoms with Gasteiger partial charge in [-0.3, -0.25) is 4.79 Å². The van der Waals surface area contributed by atoms with E-state index in [1.807, 2.05) is 7.05 Å². The molecule has 32 heavy (non-hydrogen) atoms. The van der Waals surface area contributed by atoms with Crippen LogP contribution in [0.4, 0.5) is 27.3 Å². The van der Waals surface area contributed by atoms with Gasteiger partial charge >= 0.3 is 5.13 Å². The number of aliphatic hydroxyl groups is 1. The van der Waals surface area contributed by atoms with Gasteiger partial charge in [0.1, 0.15) is 18.5 Å². The Hall–Kier alpha value is -2.79. The van der Waals surface area contributed by atoms with Gasteiger partial charge in [0.15, 0.2) is 0 Å². The summed E-state index contributed by atoms with van der Waals surface area (Å²) in [6.07, 6.45) is 5.89. The van der Waals surface area contributed by atoms with E-state index in [2.05, 4.69) is 30.9 Å². The minimum Gasteiger partial charge on any atom is -0.495 e. The van der Waals surface area contributed by atoms with Crippen LogP contribution in [0.2, 0.25) is 0 Å². The SMILES string of the molecule is CNc1cc(NC(C)=O)c(N=Nc2sc(N(CCO)C3CCCCC3)n[n+]2C)cc1OC. The minimum absolute atomic E-state index is 0.0777. The van der Waals surface area contributed by atoms with Crippen molar-refractivity contribution in [1.29, 1.82) is 0 Å². The number of aryl methyl sites for hydroxylation is 1. The van der Waals surface area contributed by atoms with Crippen LogP contribution in [0.3, 0.4) is 0 Å². The van der Waals surface area contributed by atoms with Gasteiger partial charge in [-0.1, -0.05) is 24.4 Å². The number of benzene rings is 1. The van der Waals surface area contributed by atoms with E-state index in [1.54, 1.807) is 31.0 Å². The molecule has 1 aromatic heterocycles.